The summed E-state index contributed by atoms with van der Waals surface area (Å²) in [4.78, 5) is 19.7. The molecule has 0 unspecified atom stereocenters. The SMILES string of the molecule is CC(C)c1cc(C(=O)N(C)Cc2cccc(Cl)c2)c2cnn(C(C)C)c2n1. The molecule has 142 valence electrons. The molecular formula is C21H25ClN4O. The lowest BCUT2D eigenvalue weighted by atomic mass is 10.0. The molecule has 1 amide bonds. The van der Waals surface area contributed by atoms with Crippen molar-refractivity contribution in [2.75, 3.05) is 7.05 Å². The van der Waals surface area contributed by atoms with Gasteiger partial charge in [-0.25, -0.2) is 9.67 Å². The monoisotopic (exact) mass is 384 g/mol. The number of hydrogen-bond acceptors (Lipinski definition) is 3. The van der Waals surface area contributed by atoms with Crippen LogP contribution in [-0.2, 0) is 6.54 Å². The molecule has 3 aromatic rings. The molecule has 2 aromatic heterocycles. The third kappa shape index (κ3) is 3.98. The lowest BCUT2D eigenvalue weighted by Gasteiger charge is -2.19. The summed E-state index contributed by atoms with van der Waals surface area (Å²) < 4.78 is 1.87. The second-order valence-corrected chi connectivity index (χ2v) is 7.90. The summed E-state index contributed by atoms with van der Waals surface area (Å²) in [6.07, 6.45) is 1.74. The van der Waals surface area contributed by atoms with E-state index in [9.17, 15) is 4.79 Å². The number of benzene rings is 1. The Bertz CT molecular complexity index is 977. The fourth-order valence-corrected chi connectivity index (χ4v) is 3.29. The molecule has 0 aliphatic rings. The highest BCUT2D eigenvalue weighted by molar-refractivity contribution is 6.30. The van der Waals surface area contributed by atoms with E-state index in [1.807, 2.05) is 35.0 Å². The molecule has 0 radical (unpaired) electrons. The van der Waals surface area contributed by atoms with Crippen LogP contribution in [0.1, 0.15) is 61.3 Å². The van der Waals surface area contributed by atoms with E-state index >= 15 is 0 Å². The third-order valence-corrected chi connectivity index (χ3v) is 4.79. The summed E-state index contributed by atoms with van der Waals surface area (Å²) in [6, 6.07) is 9.64. The number of nitrogens with zero attached hydrogens (tertiary/aromatic N) is 4. The number of fused-ring (bicyclic) bond motifs is 1. The zero-order chi connectivity index (χ0) is 19.7. The van der Waals surface area contributed by atoms with E-state index in [1.165, 1.54) is 0 Å². The van der Waals surface area contributed by atoms with Crippen LogP contribution in [-0.4, -0.2) is 32.6 Å². The second-order valence-electron chi connectivity index (χ2n) is 7.46. The molecule has 0 saturated heterocycles. The summed E-state index contributed by atoms with van der Waals surface area (Å²) in [5.74, 6) is 0.169. The van der Waals surface area contributed by atoms with Crippen LogP contribution in [0.5, 0.6) is 0 Å². The molecule has 6 heteroatoms. The van der Waals surface area contributed by atoms with Gasteiger partial charge in [-0.3, -0.25) is 4.79 Å². The van der Waals surface area contributed by atoms with Crippen LogP contribution in [0.3, 0.4) is 0 Å². The van der Waals surface area contributed by atoms with Gasteiger partial charge in [-0.15, -0.1) is 0 Å². The smallest absolute Gasteiger partial charge is 0.254 e. The zero-order valence-corrected chi connectivity index (χ0v) is 17.2. The van der Waals surface area contributed by atoms with Crippen LogP contribution in [0.15, 0.2) is 36.5 Å². The molecular weight excluding hydrogens is 360 g/mol. The number of carbonyl (C=O) groups excluding carboxylic acids is 1. The van der Waals surface area contributed by atoms with Crippen molar-refractivity contribution in [2.45, 2.75) is 46.2 Å². The first-order valence-corrected chi connectivity index (χ1v) is 9.53. The van der Waals surface area contributed by atoms with Gasteiger partial charge in [0.1, 0.15) is 0 Å². The highest BCUT2D eigenvalue weighted by Crippen LogP contribution is 2.25. The number of amides is 1. The van der Waals surface area contributed by atoms with Crippen LogP contribution in [0.2, 0.25) is 5.02 Å². The maximum Gasteiger partial charge on any atom is 0.254 e. The second kappa shape index (κ2) is 7.69. The lowest BCUT2D eigenvalue weighted by molar-refractivity contribution is 0.0787. The van der Waals surface area contributed by atoms with E-state index in [0.717, 1.165) is 22.3 Å². The fourth-order valence-electron chi connectivity index (χ4n) is 3.07. The number of carbonyl (C=O) groups is 1. The van der Waals surface area contributed by atoms with Crippen molar-refractivity contribution in [1.82, 2.24) is 19.7 Å². The van der Waals surface area contributed by atoms with Crippen LogP contribution in [0, 0.1) is 0 Å². The molecule has 1 aromatic carbocycles. The predicted octanol–water partition coefficient (Wildman–Crippen LogP) is 5.06. The van der Waals surface area contributed by atoms with Gasteiger partial charge >= 0.3 is 0 Å². The van der Waals surface area contributed by atoms with Crippen molar-refractivity contribution in [1.29, 1.82) is 0 Å². The summed E-state index contributed by atoms with van der Waals surface area (Å²) in [7, 11) is 1.80. The van der Waals surface area contributed by atoms with Gasteiger partial charge < -0.3 is 4.90 Å². The van der Waals surface area contributed by atoms with Crippen LogP contribution in [0.25, 0.3) is 11.0 Å². The van der Waals surface area contributed by atoms with E-state index in [-0.39, 0.29) is 17.9 Å². The molecule has 0 atom stereocenters. The topological polar surface area (TPSA) is 51.0 Å². The van der Waals surface area contributed by atoms with Crippen molar-refractivity contribution in [3.63, 3.8) is 0 Å². The Morgan fingerprint density at radius 2 is 1.96 bits per heavy atom. The Labute approximate surface area is 165 Å². The first kappa shape index (κ1) is 19.4. The normalized spacial score (nSPS) is 11.6. The molecule has 27 heavy (non-hydrogen) atoms. The molecule has 0 aliphatic carbocycles. The molecule has 0 N–H and O–H groups in total. The number of rotatable bonds is 5. The van der Waals surface area contributed by atoms with Gasteiger partial charge in [0.15, 0.2) is 5.65 Å². The first-order valence-electron chi connectivity index (χ1n) is 9.16. The summed E-state index contributed by atoms with van der Waals surface area (Å²) in [6.45, 7) is 8.76. The van der Waals surface area contributed by atoms with E-state index in [1.54, 1.807) is 18.1 Å². The standard InChI is InChI=1S/C21H25ClN4O/c1-13(2)19-10-17(18-11-23-26(14(3)4)20(18)24-19)21(27)25(5)12-15-7-6-8-16(22)9-15/h6-11,13-14H,12H2,1-5H3. The van der Waals surface area contributed by atoms with Gasteiger partial charge in [-0.05, 0) is 43.5 Å². The zero-order valence-electron chi connectivity index (χ0n) is 16.4. The minimum Gasteiger partial charge on any atom is -0.337 e. The average Bonchev–Trinajstić information content (AvgIpc) is 3.04. The van der Waals surface area contributed by atoms with Crippen molar-refractivity contribution in [2.24, 2.45) is 0 Å². The maximum absolute atomic E-state index is 13.2. The predicted molar refractivity (Wildman–Crippen MR) is 109 cm³/mol. The first-order chi connectivity index (χ1) is 12.8. The van der Waals surface area contributed by atoms with Crippen molar-refractivity contribution in [3.05, 3.63) is 58.4 Å². The summed E-state index contributed by atoms with van der Waals surface area (Å²) in [5, 5.41) is 5.91. The third-order valence-electron chi connectivity index (χ3n) is 4.55. The fraction of sp³-hybridized carbons (Fsp3) is 0.381. The van der Waals surface area contributed by atoms with Gasteiger partial charge in [0.05, 0.1) is 17.1 Å². The minimum atomic E-state index is -0.0485. The van der Waals surface area contributed by atoms with Crippen LogP contribution >= 0.6 is 11.6 Å². The number of halogens is 1. The number of pyridine rings is 1. The van der Waals surface area contributed by atoms with Gasteiger partial charge in [-0.1, -0.05) is 37.6 Å². The molecule has 0 fully saturated rings. The van der Waals surface area contributed by atoms with E-state index in [2.05, 4.69) is 32.8 Å². The van der Waals surface area contributed by atoms with Crippen LogP contribution < -0.4 is 0 Å². The lowest BCUT2D eigenvalue weighted by Crippen LogP contribution is -2.26. The Morgan fingerprint density at radius 3 is 2.59 bits per heavy atom. The Morgan fingerprint density at radius 1 is 1.22 bits per heavy atom. The number of hydrogen-bond donors (Lipinski definition) is 0. The Balaban J connectivity index is 2.02. The summed E-state index contributed by atoms with van der Waals surface area (Å²) >= 11 is 6.07. The maximum atomic E-state index is 13.2. The molecule has 2 heterocycles. The molecule has 0 aliphatic heterocycles. The van der Waals surface area contributed by atoms with Gasteiger partial charge in [-0.2, -0.15) is 5.10 Å². The largest absolute Gasteiger partial charge is 0.337 e. The average molecular weight is 385 g/mol. The van der Waals surface area contributed by atoms with E-state index in [0.29, 0.717) is 17.1 Å². The highest BCUT2D eigenvalue weighted by atomic mass is 35.5. The van der Waals surface area contributed by atoms with Gasteiger partial charge in [0.2, 0.25) is 0 Å². The number of aromatic nitrogens is 3. The molecule has 0 bridgehead atoms. The highest BCUT2D eigenvalue weighted by Gasteiger charge is 2.21. The Hall–Kier alpha value is -2.40. The summed E-state index contributed by atoms with van der Waals surface area (Å²) in [5.41, 5.74) is 3.28. The molecule has 3 rings (SSSR count). The molecule has 0 spiro atoms. The van der Waals surface area contributed by atoms with Crippen molar-refractivity contribution in [3.8, 4) is 0 Å². The molecule has 0 saturated carbocycles. The van der Waals surface area contributed by atoms with Gasteiger partial charge in [0.25, 0.3) is 5.91 Å². The minimum absolute atomic E-state index is 0.0485. The van der Waals surface area contributed by atoms with Crippen molar-refractivity contribution >= 4 is 28.5 Å². The van der Waals surface area contributed by atoms with E-state index < -0.39 is 0 Å². The van der Waals surface area contributed by atoms with Crippen LogP contribution in [0.4, 0.5) is 0 Å². The quantitative estimate of drug-likeness (QED) is 0.617. The van der Waals surface area contributed by atoms with Crippen molar-refractivity contribution < 1.29 is 4.79 Å². The van der Waals surface area contributed by atoms with E-state index in [4.69, 9.17) is 16.6 Å². The molecule has 5 nitrogen and oxygen atoms in total. The Kier molecular flexibility index (Phi) is 5.51. The van der Waals surface area contributed by atoms with Gasteiger partial charge in [0, 0.05) is 30.4 Å².